The predicted octanol–water partition coefficient (Wildman–Crippen LogP) is -0.497. The van der Waals surface area contributed by atoms with Gasteiger partial charge in [0.25, 0.3) is 5.91 Å². The molecule has 1 N–H and O–H groups in total. The number of hydrogen-bond acceptors (Lipinski definition) is 2. The number of amides is 1. The molecule has 0 saturated heterocycles. The Morgan fingerprint density at radius 2 is 2.23 bits per heavy atom. The molecule has 13 heavy (non-hydrogen) atoms. The molecule has 0 unspecified atom stereocenters. The molecule has 3 rings (SSSR count). The Balaban J connectivity index is 2.69. The van der Waals surface area contributed by atoms with Crippen molar-refractivity contribution >= 4 is 22.9 Å². The zero-order valence-electron chi connectivity index (χ0n) is 6.61. The number of hydrogen-bond donors (Lipinski definition) is 1. The number of aromatic amines is 1. The van der Waals surface area contributed by atoms with E-state index in [9.17, 15) is 4.79 Å². The first kappa shape index (κ1) is 6.54. The van der Waals surface area contributed by atoms with Crippen LogP contribution in [0.1, 0.15) is 0 Å². The van der Waals surface area contributed by atoms with Crippen LogP contribution in [0.5, 0.6) is 0 Å². The minimum Gasteiger partial charge on any atom is -0.278 e. The first-order chi connectivity index (χ1) is 6.34. The van der Waals surface area contributed by atoms with Crippen LogP contribution in [0.2, 0.25) is 0 Å². The standard InChI is InChI=1S/C9H5N3O/c13-8-3-5-1-2-7-6(4-10-12-7)9(5)11-8/h1-4H,(H,10,12). The van der Waals surface area contributed by atoms with Crippen LogP contribution >= 0.6 is 0 Å². The van der Waals surface area contributed by atoms with Gasteiger partial charge in [-0.25, -0.2) is 4.99 Å². The van der Waals surface area contributed by atoms with E-state index < -0.39 is 0 Å². The molecule has 2 aromatic rings. The minimum absolute atomic E-state index is 0.191. The minimum atomic E-state index is -0.191. The highest BCUT2D eigenvalue weighted by molar-refractivity contribution is 6.07. The quantitative estimate of drug-likeness (QED) is 0.581. The third-order valence-electron chi connectivity index (χ3n) is 2.13. The Hall–Kier alpha value is -1.97. The zero-order valence-corrected chi connectivity index (χ0v) is 6.61. The van der Waals surface area contributed by atoms with Gasteiger partial charge in [-0.15, -0.1) is 0 Å². The van der Waals surface area contributed by atoms with Crippen LogP contribution in [-0.2, 0) is 4.79 Å². The molecule has 4 nitrogen and oxygen atoms in total. The molecule has 62 valence electrons. The zero-order chi connectivity index (χ0) is 8.84. The maximum Gasteiger partial charge on any atom is 0.270 e. The van der Waals surface area contributed by atoms with Gasteiger partial charge in [0, 0.05) is 16.7 Å². The van der Waals surface area contributed by atoms with Gasteiger partial charge in [0.05, 0.1) is 17.1 Å². The Kier molecular flexibility index (Phi) is 1.02. The van der Waals surface area contributed by atoms with E-state index in [-0.39, 0.29) is 5.91 Å². The lowest BCUT2D eigenvalue weighted by atomic mass is 10.2. The highest BCUT2D eigenvalue weighted by Crippen LogP contribution is 2.02. The lowest BCUT2D eigenvalue weighted by Crippen LogP contribution is -2.21. The number of carbonyl (C=O) groups excluding carboxylic acids is 1. The molecular weight excluding hydrogens is 166 g/mol. The van der Waals surface area contributed by atoms with E-state index in [1.807, 2.05) is 12.1 Å². The van der Waals surface area contributed by atoms with Crippen molar-refractivity contribution in [3.63, 3.8) is 0 Å². The van der Waals surface area contributed by atoms with Gasteiger partial charge in [0.15, 0.2) is 0 Å². The van der Waals surface area contributed by atoms with Crippen molar-refractivity contribution in [1.82, 2.24) is 10.2 Å². The van der Waals surface area contributed by atoms with Gasteiger partial charge in [-0.05, 0) is 6.07 Å². The van der Waals surface area contributed by atoms with E-state index in [2.05, 4.69) is 15.2 Å². The first-order valence-corrected chi connectivity index (χ1v) is 3.91. The molecule has 0 aliphatic carbocycles. The van der Waals surface area contributed by atoms with Crippen molar-refractivity contribution in [3.05, 3.63) is 28.9 Å². The van der Waals surface area contributed by atoms with Gasteiger partial charge in [-0.2, -0.15) is 5.10 Å². The number of rotatable bonds is 0. The van der Waals surface area contributed by atoms with Gasteiger partial charge in [-0.3, -0.25) is 9.89 Å². The summed E-state index contributed by atoms with van der Waals surface area (Å²) in [6, 6.07) is 3.76. The molecule has 0 atom stereocenters. The number of aromatic nitrogens is 2. The van der Waals surface area contributed by atoms with E-state index >= 15 is 0 Å². The SMILES string of the molecule is O=C1C=c2ccc3[nH]ncc3c2=N1. The summed E-state index contributed by atoms with van der Waals surface area (Å²) in [5, 5.41) is 9.23. The highest BCUT2D eigenvalue weighted by atomic mass is 16.1. The van der Waals surface area contributed by atoms with Crippen molar-refractivity contribution in [3.8, 4) is 0 Å². The fourth-order valence-electron chi connectivity index (χ4n) is 1.54. The van der Waals surface area contributed by atoms with Crippen LogP contribution in [0.3, 0.4) is 0 Å². The van der Waals surface area contributed by atoms with Crippen molar-refractivity contribution in [2.75, 3.05) is 0 Å². The Labute approximate surface area is 72.6 Å². The van der Waals surface area contributed by atoms with E-state index in [4.69, 9.17) is 0 Å². The lowest BCUT2D eigenvalue weighted by Gasteiger charge is -1.85. The topological polar surface area (TPSA) is 58.1 Å². The Morgan fingerprint density at radius 1 is 1.31 bits per heavy atom. The van der Waals surface area contributed by atoms with E-state index in [1.165, 1.54) is 6.08 Å². The number of benzene rings is 1. The molecule has 2 heterocycles. The maximum atomic E-state index is 11.0. The second-order valence-corrected chi connectivity index (χ2v) is 2.93. The third kappa shape index (κ3) is 0.767. The maximum absolute atomic E-state index is 11.0. The van der Waals surface area contributed by atoms with Crippen molar-refractivity contribution < 1.29 is 4.79 Å². The van der Waals surface area contributed by atoms with Crippen LogP contribution in [0, 0.1) is 0 Å². The second-order valence-electron chi connectivity index (χ2n) is 2.93. The molecule has 4 heteroatoms. The summed E-state index contributed by atoms with van der Waals surface area (Å²) in [5.74, 6) is -0.191. The van der Waals surface area contributed by atoms with Crippen LogP contribution in [-0.4, -0.2) is 16.1 Å². The molecule has 1 aliphatic heterocycles. The summed E-state index contributed by atoms with van der Waals surface area (Å²) in [5.41, 5.74) is 0.908. The average Bonchev–Trinajstić information content (AvgIpc) is 2.65. The van der Waals surface area contributed by atoms with Gasteiger partial charge >= 0.3 is 0 Å². The molecular formula is C9H5N3O. The van der Waals surface area contributed by atoms with Crippen molar-refractivity contribution in [2.24, 2.45) is 4.99 Å². The molecule has 1 aliphatic rings. The molecule has 0 bridgehead atoms. The Bertz CT molecular complexity index is 624. The Morgan fingerprint density at radius 3 is 3.15 bits per heavy atom. The largest absolute Gasteiger partial charge is 0.278 e. The predicted molar refractivity (Wildman–Crippen MR) is 46.3 cm³/mol. The number of nitrogens with zero attached hydrogens (tertiary/aromatic N) is 2. The summed E-state index contributed by atoms with van der Waals surface area (Å²) < 4.78 is 0. The molecule has 1 aromatic heterocycles. The highest BCUT2D eigenvalue weighted by Gasteiger charge is 2.06. The molecule has 1 aromatic carbocycles. The summed E-state index contributed by atoms with van der Waals surface area (Å²) >= 11 is 0. The lowest BCUT2D eigenvalue weighted by molar-refractivity contribution is -0.112. The summed E-state index contributed by atoms with van der Waals surface area (Å²) in [6.45, 7) is 0. The van der Waals surface area contributed by atoms with Crippen LogP contribution < -0.4 is 10.6 Å². The first-order valence-electron chi connectivity index (χ1n) is 3.91. The third-order valence-corrected chi connectivity index (χ3v) is 2.13. The van der Waals surface area contributed by atoms with E-state index in [0.29, 0.717) is 0 Å². The summed E-state index contributed by atoms with van der Waals surface area (Å²) in [7, 11) is 0. The van der Waals surface area contributed by atoms with Crippen LogP contribution in [0.25, 0.3) is 17.0 Å². The molecule has 0 fully saturated rings. The van der Waals surface area contributed by atoms with Gasteiger partial charge in [0.1, 0.15) is 0 Å². The van der Waals surface area contributed by atoms with Crippen molar-refractivity contribution in [1.29, 1.82) is 0 Å². The van der Waals surface area contributed by atoms with Crippen LogP contribution in [0.15, 0.2) is 23.3 Å². The number of carbonyl (C=O) groups is 1. The van der Waals surface area contributed by atoms with E-state index in [1.54, 1.807) is 6.20 Å². The van der Waals surface area contributed by atoms with Gasteiger partial charge in [-0.1, -0.05) is 6.07 Å². The van der Waals surface area contributed by atoms with Gasteiger partial charge < -0.3 is 0 Å². The summed E-state index contributed by atoms with van der Waals surface area (Å²) in [6.07, 6.45) is 3.21. The van der Waals surface area contributed by atoms with Crippen molar-refractivity contribution in [2.45, 2.75) is 0 Å². The number of H-pyrrole nitrogens is 1. The van der Waals surface area contributed by atoms with Crippen LogP contribution in [0.4, 0.5) is 0 Å². The molecule has 0 radical (unpaired) electrons. The average molecular weight is 171 g/mol. The number of fused-ring (bicyclic) bond motifs is 3. The normalized spacial score (nSPS) is 14.0. The van der Waals surface area contributed by atoms with Gasteiger partial charge in [0.2, 0.25) is 0 Å². The molecule has 0 saturated carbocycles. The fourth-order valence-corrected chi connectivity index (χ4v) is 1.54. The second kappa shape index (κ2) is 2.04. The summed E-state index contributed by atoms with van der Waals surface area (Å²) in [4.78, 5) is 14.9. The smallest absolute Gasteiger partial charge is 0.270 e. The van der Waals surface area contributed by atoms with E-state index in [0.717, 1.165) is 21.5 Å². The fraction of sp³-hybridized carbons (Fsp3) is 0. The monoisotopic (exact) mass is 171 g/mol. The molecule has 0 spiro atoms. The molecule has 1 amide bonds. The number of nitrogens with one attached hydrogen (secondary N) is 1.